The van der Waals surface area contributed by atoms with Crippen LogP contribution in [0, 0.1) is 0 Å². The summed E-state index contributed by atoms with van der Waals surface area (Å²) in [6, 6.07) is 10.3. The number of furan rings is 1. The molecule has 0 unspecified atom stereocenters. The van der Waals surface area contributed by atoms with Crippen molar-refractivity contribution in [3.63, 3.8) is 0 Å². The van der Waals surface area contributed by atoms with E-state index >= 15 is 0 Å². The Labute approximate surface area is 131 Å². The first kappa shape index (κ1) is 15.6. The maximum absolute atomic E-state index is 12.0. The van der Waals surface area contributed by atoms with Gasteiger partial charge in [-0.05, 0) is 36.4 Å². The molecule has 7 heteroatoms. The Balaban J connectivity index is 1.76. The van der Waals surface area contributed by atoms with E-state index in [9.17, 15) is 8.42 Å². The molecule has 2 rings (SSSR count). The van der Waals surface area contributed by atoms with Crippen molar-refractivity contribution in [3.05, 3.63) is 52.9 Å². The van der Waals surface area contributed by atoms with Gasteiger partial charge in [0.15, 0.2) is 0 Å². The topological polar surface area (TPSA) is 59.3 Å². The van der Waals surface area contributed by atoms with Gasteiger partial charge in [0.2, 0.25) is 10.0 Å². The number of nitrogens with one attached hydrogen (secondary N) is 1. The van der Waals surface area contributed by atoms with Crippen molar-refractivity contribution in [1.29, 1.82) is 0 Å². The second kappa shape index (κ2) is 7.31. The third kappa shape index (κ3) is 4.66. The molecule has 0 fully saturated rings. The molecule has 0 atom stereocenters. The molecule has 1 aromatic heterocycles. The van der Waals surface area contributed by atoms with E-state index in [0.717, 1.165) is 16.0 Å². The zero-order chi connectivity index (χ0) is 14.4. The molecule has 4 nitrogen and oxygen atoms in total. The zero-order valence-corrected chi connectivity index (χ0v) is 13.8. The summed E-state index contributed by atoms with van der Waals surface area (Å²) < 4.78 is 32.6. The second-order valence-corrected chi connectivity index (χ2v) is 7.77. The number of thioether (sulfide) groups is 1. The standard InChI is InChI=1S/C13H14BrNO3S2/c14-11-3-5-13(6-4-11)20(16,17)15-7-9-19-10-12-2-1-8-18-12/h1-6,8,15H,7,9-10H2. The molecule has 0 radical (unpaired) electrons. The predicted molar refractivity (Wildman–Crippen MR) is 84.2 cm³/mol. The first-order chi connectivity index (χ1) is 9.58. The molecule has 0 saturated carbocycles. The maximum atomic E-state index is 12.0. The summed E-state index contributed by atoms with van der Waals surface area (Å²) in [7, 11) is -3.42. The van der Waals surface area contributed by atoms with Gasteiger partial charge in [-0.1, -0.05) is 15.9 Å². The van der Waals surface area contributed by atoms with Gasteiger partial charge in [-0.25, -0.2) is 13.1 Å². The first-order valence-electron chi connectivity index (χ1n) is 5.93. The van der Waals surface area contributed by atoms with Gasteiger partial charge in [0.05, 0.1) is 16.9 Å². The van der Waals surface area contributed by atoms with Crippen LogP contribution in [0.2, 0.25) is 0 Å². The molecule has 0 aliphatic carbocycles. The lowest BCUT2D eigenvalue weighted by Gasteiger charge is -2.06. The molecule has 0 aliphatic rings. The number of rotatable bonds is 7. The van der Waals surface area contributed by atoms with Crippen molar-refractivity contribution in [3.8, 4) is 0 Å². The summed E-state index contributed by atoms with van der Waals surface area (Å²) >= 11 is 4.90. The maximum Gasteiger partial charge on any atom is 0.240 e. The quantitative estimate of drug-likeness (QED) is 0.754. The van der Waals surface area contributed by atoms with Gasteiger partial charge in [0.25, 0.3) is 0 Å². The van der Waals surface area contributed by atoms with Crippen LogP contribution in [0.5, 0.6) is 0 Å². The highest BCUT2D eigenvalue weighted by molar-refractivity contribution is 9.10. The summed E-state index contributed by atoms with van der Waals surface area (Å²) in [5.74, 6) is 2.33. The highest BCUT2D eigenvalue weighted by Crippen LogP contribution is 2.15. The fraction of sp³-hybridized carbons (Fsp3) is 0.231. The van der Waals surface area contributed by atoms with E-state index < -0.39 is 10.0 Å². The van der Waals surface area contributed by atoms with Gasteiger partial charge < -0.3 is 4.42 Å². The minimum atomic E-state index is -3.42. The molecule has 1 aromatic carbocycles. The first-order valence-corrected chi connectivity index (χ1v) is 9.36. The van der Waals surface area contributed by atoms with Gasteiger partial charge in [-0.2, -0.15) is 11.8 Å². The van der Waals surface area contributed by atoms with Gasteiger partial charge in [-0.15, -0.1) is 0 Å². The van der Waals surface area contributed by atoms with Gasteiger partial charge in [-0.3, -0.25) is 0 Å². The average Bonchev–Trinajstić information content (AvgIpc) is 2.92. The molecular weight excluding hydrogens is 362 g/mol. The van der Waals surface area contributed by atoms with Crippen LogP contribution in [0.25, 0.3) is 0 Å². The minimum Gasteiger partial charge on any atom is -0.468 e. The minimum absolute atomic E-state index is 0.275. The molecule has 0 spiro atoms. The fourth-order valence-corrected chi connectivity index (χ4v) is 3.69. The number of halogens is 1. The van der Waals surface area contributed by atoms with E-state index in [1.807, 2.05) is 12.1 Å². The van der Waals surface area contributed by atoms with E-state index in [-0.39, 0.29) is 4.90 Å². The van der Waals surface area contributed by atoms with Crippen LogP contribution in [0.1, 0.15) is 5.76 Å². The second-order valence-electron chi connectivity index (χ2n) is 3.98. The summed E-state index contributed by atoms with van der Waals surface area (Å²) in [6.45, 7) is 0.393. The zero-order valence-electron chi connectivity index (χ0n) is 10.6. The highest BCUT2D eigenvalue weighted by atomic mass is 79.9. The Morgan fingerprint density at radius 1 is 1.20 bits per heavy atom. The third-order valence-corrected chi connectivity index (χ3v) is 5.47. The molecule has 0 saturated heterocycles. The molecular formula is C13H14BrNO3S2. The van der Waals surface area contributed by atoms with Gasteiger partial charge in [0.1, 0.15) is 5.76 Å². The molecule has 0 amide bonds. The van der Waals surface area contributed by atoms with Crippen LogP contribution in [0.15, 0.2) is 56.4 Å². The Hall–Kier alpha value is -0.760. The van der Waals surface area contributed by atoms with Crippen molar-refractivity contribution >= 4 is 37.7 Å². The van der Waals surface area contributed by atoms with Crippen molar-refractivity contribution in [2.45, 2.75) is 10.6 Å². The molecule has 0 aliphatic heterocycles. The van der Waals surface area contributed by atoms with Crippen LogP contribution in [-0.2, 0) is 15.8 Å². The summed E-state index contributed by atoms with van der Waals surface area (Å²) in [5, 5.41) is 0. The van der Waals surface area contributed by atoms with Gasteiger partial charge in [0, 0.05) is 16.8 Å². The predicted octanol–water partition coefficient (Wildman–Crippen LogP) is 3.25. The van der Waals surface area contributed by atoms with Crippen LogP contribution in [0.3, 0.4) is 0 Å². The molecule has 2 aromatic rings. The van der Waals surface area contributed by atoms with Crippen LogP contribution >= 0.6 is 27.7 Å². The van der Waals surface area contributed by atoms with E-state index in [0.29, 0.717) is 12.3 Å². The molecule has 1 N–H and O–H groups in total. The Morgan fingerprint density at radius 3 is 2.60 bits per heavy atom. The lowest BCUT2D eigenvalue weighted by Crippen LogP contribution is -2.26. The average molecular weight is 376 g/mol. The van der Waals surface area contributed by atoms with Crippen molar-refractivity contribution in [2.24, 2.45) is 0 Å². The number of benzene rings is 1. The Kier molecular flexibility index (Phi) is 5.71. The van der Waals surface area contributed by atoms with Crippen molar-refractivity contribution in [2.75, 3.05) is 12.3 Å². The molecule has 0 bridgehead atoms. The molecule has 20 heavy (non-hydrogen) atoms. The smallest absolute Gasteiger partial charge is 0.240 e. The van der Waals surface area contributed by atoms with Crippen molar-refractivity contribution in [1.82, 2.24) is 4.72 Å². The Bertz CT molecular complexity index is 624. The third-order valence-electron chi connectivity index (χ3n) is 2.49. The lowest BCUT2D eigenvalue weighted by molar-refractivity contribution is 0.530. The number of sulfonamides is 1. The van der Waals surface area contributed by atoms with Crippen LogP contribution < -0.4 is 4.72 Å². The van der Waals surface area contributed by atoms with E-state index in [4.69, 9.17) is 4.42 Å². The van der Waals surface area contributed by atoms with E-state index in [2.05, 4.69) is 20.7 Å². The number of hydrogen-bond acceptors (Lipinski definition) is 4. The highest BCUT2D eigenvalue weighted by Gasteiger charge is 2.12. The molecule has 1 heterocycles. The summed E-state index contributed by atoms with van der Waals surface area (Å²) in [5.41, 5.74) is 0. The fourth-order valence-electron chi connectivity index (χ4n) is 1.51. The number of hydrogen-bond donors (Lipinski definition) is 1. The largest absolute Gasteiger partial charge is 0.468 e. The Morgan fingerprint density at radius 2 is 1.95 bits per heavy atom. The lowest BCUT2D eigenvalue weighted by atomic mass is 10.4. The summed E-state index contributed by atoms with van der Waals surface area (Å²) in [6.07, 6.45) is 1.63. The normalized spacial score (nSPS) is 11.7. The van der Waals surface area contributed by atoms with Crippen molar-refractivity contribution < 1.29 is 12.8 Å². The van der Waals surface area contributed by atoms with E-state index in [1.165, 1.54) is 0 Å². The monoisotopic (exact) mass is 375 g/mol. The van der Waals surface area contributed by atoms with Crippen LogP contribution in [-0.4, -0.2) is 20.7 Å². The van der Waals surface area contributed by atoms with E-state index in [1.54, 1.807) is 42.3 Å². The van der Waals surface area contributed by atoms with Gasteiger partial charge >= 0.3 is 0 Å². The van der Waals surface area contributed by atoms with Crippen LogP contribution in [0.4, 0.5) is 0 Å². The SMILES string of the molecule is O=S(=O)(NCCSCc1ccco1)c1ccc(Br)cc1. The molecule has 108 valence electrons. The summed E-state index contributed by atoms with van der Waals surface area (Å²) in [4.78, 5) is 0.275.